The first-order chi connectivity index (χ1) is 9.50. The average Bonchev–Trinajstić information content (AvgIpc) is 2.68. The molecular weight excluding hydrogens is 282 g/mol. The van der Waals surface area contributed by atoms with Gasteiger partial charge in [0.25, 0.3) is 0 Å². The smallest absolute Gasteiger partial charge is 0.339 e. The molecule has 1 aromatic heterocycles. The number of nitrogens with zero attached hydrogens (tertiary/aromatic N) is 2. The number of anilines is 1. The van der Waals surface area contributed by atoms with Crippen LogP contribution < -0.4 is 4.72 Å². The van der Waals surface area contributed by atoms with Crippen LogP contribution in [0, 0.1) is 0 Å². The van der Waals surface area contributed by atoms with Crippen LogP contribution in [-0.4, -0.2) is 41.9 Å². The molecule has 7 nitrogen and oxygen atoms in total. The van der Waals surface area contributed by atoms with E-state index in [0.29, 0.717) is 13.1 Å². The van der Waals surface area contributed by atoms with Gasteiger partial charge in [-0.2, -0.15) is 12.7 Å². The Morgan fingerprint density at radius 3 is 2.50 bits per heavy atom. The molecule has 1 fully saturated rings. The SMILES string of the molecule is O=C(O)c1cccnc1NS(=O)(=O)N1CCCCCC1. The van der Waals surface area contributed by atoms with Crippen molar-refractivity contribution in [2.24, 2.45) is 0 Å². The minimum absolute atomic E-state index is 0.149. The summed E-state index contributed by atoms with van der Waals surface area (Å²) < 4.78 is 28.1. The maximum Gasteiger partial charge on any atom is 0.339 e. The first kappa shape index (κ1) is 14.7. The molecule has 0 bridgehead atoms. The molecule has 0 saturated carbocycles. The number of carboxylic acids is 1. The van der Waals surface area contributed by atoms with Gasteiger partial charge in [0.2, 0.25) is 0 Å². The molecular formula is C12H17N3O4S. The van der Waals surface area contributed by atoms with Crippen molar-refractivity contribution >= 4 is 22.0 Å². The van der Waals surface area contributed by atoms with E-state index in [2.05, 4.69) is 9.71 Å². The number of carbonyl (C=O) groups is 1. The number of hydrogen-bond donors (Lipinski definition) is 2. The Morgan fingerprint density at radius 2 is 1.90 bits per heavy atom. The molecule has 1 saturated heterocycles. The zero-order chi connectivity index (χ0) is 14.6. The van der Waals surface area contributed by atoms with Crippen LogP contribution in [0.3, 0.4) is 0 Å². The molecule has 0 atom stereocenters. The number of aromatic nitrogens is 1. The van der Waals surface area contributed by atoms with Gasteiger partial charge in [-0.05, 0) is 25.0 Å². The summed E-state index contributed by atoms with van der Waals surface area (Å²) in [6.45, 7) is 0.898. The molecule has 2 heterocycles. The van der Waals surface area contributed by atoms with Gasteiger partial charge in [-0.1, -0.05) is 12.8 Å². The molecule has 8 heteroatoms. The third kappa shape index (κ3) is 3.45. The minimum Gasteiger partial charge on any atom is -0.478 e. The Balaban J connectivity index is 2.21. The quantitative estimate of drug-likeness (QED) is 0.873. The lowest BCUT2D eigenvalue weighted by Crippen LogP contribution is -2.37. The van der Waals surface area contributed by atoms with Crippen LogP contribution in [0.1, 0.15) is 36.0 Å². The molecule has 110 valence electrons. The van der Waals surface area contributed by atoms with Gasteiger partial charge in [0.15, 0.2) is 5.82 Å². The number of carboxylic acid groups (broad SMARTS) is 1. The number of hydrogen-bond acceptors (Lipinski definition) is 4. The van der Waals surface area contributed by atoms with Crippen molar-refractivity contribution in [3.05, 3.63) is 23.9 Å². The molecule has 0 radical (unpaired) electrons. The molecule has 2 rings (SSSR count). The van der Waals surface area contributed by atoms with Crippen LogP contribution in [0.25, 0.3) is 0 Å². The lowest BCUT2D eigenvalue weighted by atomic mass is 10.2. The fourth-order valence-electron chi connectivity index (χ4n) is 2.13. The zero-order valence-corrected chi connectivity index (χ0v) is 11.8. The largest absolute Gasteiger partial charge is 0.478 e. The second-order valence-corrected chi connectivity index (χ2v) is 6.30. The Kier molecular flexibility index (Phi) is 4.56. The number of rotatable bonds is 4. The van der Waals surface area contributed by atoms with E-state index in [1.54, 1.807) is 0 Å². The van der Waals surface area contributed by atoms with E-state index in [1.165, 1.54) is 22.6 Å². The highest BCUT2D eigenvalue weighted by Crippen LogP contribution is 2.18. The van der Waals surface area contributed by atoms with Gasteiger partial charge in [-0.15, -0.1) is 0 Å². The summed E-state index contributed by atoms with van der Waals surface area (Å²) in [6, 6.07) is 2.77. The molecule has 1 aliphatic heterocycles. The van der Waals surface area contributed by atoms with Gasteiger partial charge in [0.1, 0.15) is 5.56 Å². The fourth-order valence-corrected chi connectivity index (χ4v) is 3.40. The van der Waals surface area contributed by atoms with Gasteiger partial charge >= 0.3 is 16.2 Å². The van der Waals surface area contributed by atoms with E-state index in [1.807, 2.05) is 0 Å². The van der Waals surface area contributed by atoms with Crippen LogP contribution in [0.5, 0.6) is 0 Å². The first-order valence-electron chi connectivity index (χ1n) is 6.47. The number of pyridine rings is 1. The van der Waals surface area contributed by atoms with Crippen molar-refractivity contribution in [3.63, 3.8) is 0 Å². The van der Waals surface area contributed by atoms with Gasteiger partial charge in [-0.25, -0.2) is 9.78 Å². The summed E-state index contributed by atoms with van der Waals surface area (Å²) >= 11 is 0. The molecule has 1 aliphatic rings. The Labute approximate surface area is 117 Å². The van der Waals surface area contributed by atoms with Crippen LogP contribution in [-0.2, 0) is 10.2 Å². The van der Waals surface area contributed by atoms with Crippen LogP contribution >= 0.6 is 0 Å². The highest BCUT2D eigenvalue weighted by Gasteiger charge is 2.25. The van der Waals surface area contributed by atoms with Crippen molar-refractivity contribution in [1.29, 1.82) is 0 Å². The molecule has 0 spiro atoms. The monoisotopic (exact) mass is 299 g/mol. The van der Waals surface area contributed by atoms with Crippen molar-refractivity contribution in [2.75, 3.05) is 17.8 Å². The van der Waals surface area contributed by atoms with E-state index >= 15 is 0 Å². The Morgan fingerprint density at radius 1 is 1.25 bits per heavy atom. The van der Waals surface area contributed by atoms with E-state index in [9.17, 15) is 13.2 Å². The maximum absolute atomic E-state index is 12.3. The maximum atomic E-state index is 12.3. The lowest BCUT2D eigenvalue weighted by molar-refractivity contribution is 0.0697. The fraction of sp³-hybridized carbons (Fsp3) is 0.500. The van der Waals surface area contributed by atoms with Crippen molar-refractivity contribution in [2.45, 2.75) is 25.7 Å². The molecule has 0 aliphatic carbocycles. The highest BCUT2D eigenvalue weighted by molar-refractivity contribution is 7.90. The third-order valence-corrected chi connectivity index (χ3v) is 4.67. The highest BCUT2D eigenvalue weighted by atomic mass is 32.2. The molecule has 0 amide bonds. The Hall–Kier alpha value is -1.67. The van der Waals surface area contributed by atoms with Gasteiger partial charge < -0.3 is 5.11 Å². The molecule has 0 unspecified atom stereocenters. The standard InChI is InChI=1S/C12H17N3O4S/c16-12(17)10-6-5-7-13-11(10)14-20(18,19)15-8-3-1-2-4-9-15/h5-7H,1-4,8-9H2,(H,13,14)(H,16,17). The van der Waals surface area contributed by atoms with Gasteiger partial charge in [0, 0.05) is 19.3 Å². The van der Waals surface area contributed by atoms with E-state index < -0.39 is 16.2 Å². The van der Waals surface area contributed by atoms with Gasteiger partial charge in [0.05, 0.1) is 0 Å². The topological polar surface area (TPSA) is 99.6 Å². The summed E-state index contributed by atoms with van der Waals surface area (Å²) in [6.07, 6.45) is 5.00. The second kappa shape index (κ2) is 6.19. The van der Waals surface area contributed by atoms with Crippen LogP contribution in [0.15, 0.2) is 18.3 Å². The predicted octanol–water partition coefficient (Wildman–Crippen LogP) is 1.31. The summed E-state index contributed by atoms with van der Waals surface area (Å²) in [7, 11) is -3.76. The molecule has 2 N–H and O–H groups in total. The normalized spacial score (nSPS) is 17.4. The number of aromatic carboxylic acids is 1. The summed E-state index contributed by atoms with van der Waals surface area (Å²) in [5.74, 6) is -1.36. The predicted molar refractivity (Wildman–Crippen MR) is 73.8 cm³/mol. The second-order valence-electron chi connectivity index (χ2n) is 4.63. The van der Waals surface area contributed by atoms with Crippen molar-refractivity contribution in [1.82, 2.24) is 9.29 Å². The van der Waals surface area contributed by atoms with Crippen molar-refractivity contribution < 1.29 is 18.3 Å². The van der Waals surface area contributed by atoms with Crippen molar-refractivity contribution in [3.8, 4) is 0 Å². The van der Waals surface area contributed by atoms with Crippen LogP contribution in [0.2, 0.25) is 0 Å². The average molecular weight is 299 g/mol. The van der Waals surface area contributed by atoms with E-state index in [-0.39, 0.29) is 11.4 Å². The van der Waals surface area contributed by atoms with Gasteiger partial charge in [-0.3, -0.25) is 4.72 Å². The first-order valence-corrected chi connectivity index (χ1v) is 7.91. The number of nitrogens with one attached hydrogen (secondary N) is 1. The lowest BCUT2D eigenvalue weighted by Gasteiger charge is -2.20. The minimum atomic E-state index is -3.76. The van der Waals surface area contributed by atoms with Crippen LogP contribution in [0.4, 0.5) is 5.82 Å². The van der Waals surface area contributed by atoms with E-state index in [0.717, 1.165) is 25.7 Å². The summed E-state index contributed by atoms with van der Waals surface area (Å²) in [5.41, 5.74) is -0.161. The molecule has 0 aromatic carbocycles. The zero-order valence-electron chi connectivity index (χ0n) is 10.9. The summed E-state index contributed by atoms with van der Waals surface area (Å²) in [5, 5.41) is 9.03. The summed E-state index contributed by atoms with van der Waals surface area (Å²) in [4.78, 5) is 14.9. The molecule has 1 aromatic rings. The molecule has 20 heavy (non-hydrogen) atoms. The third-order valence-electron chi connectivity index (χ3n) is 3.17. The Bertz CT molecular complexity index is 580. The van der Waals surface area contributed by atoms with E-state index in [4.69, 9.17) is 5.11 Å².